The average Bonchev–Trinajstić information content (AvgIpc) is 3.20. The van der Waals surface area contributed by atoms with Crippen LogP contribution in [0.3, 0.4) is 0 Å². The Morgan fingerprint density at radius 2 is 2.21 bits per heavy atom. The summed E-state index contributed by atoms with van der Waals surface area (Å²) in [5, 5.41) is 2.03. The maximum atomic E-state index is 12.6. The molecule has 0 unspecified atom stereocenters. The molecule has 0 radical (unpaired) electrons. The van der Waals surface area contributed by atoms with E-state index in [0.29, 0.717) is 36.5 Å². The van der Waals surface area contributed by atoms with Gasteiger partial charge in [-0.1, -0.05) is 6.07 Å². The third-order valence-electron chi connectivity index (χ3n) is 3.85. The maximum absolute atomic E-state index is 12.6. The highest BCUT2D eigenvalue weighted by molar-refractivity contribution is 7.09. The van der Waals surface area contributed by atoms with E-state index < -0.39 is 0 Å². The van der Waals surface area contributed by atoms with Crippen LogP contribution >= 0.6 is 11.3 Å². The number of aromatic nitrogens is 4. The summed E-state index contributed by atoms with van der Waals surface area (Å²) in [6, 6.07) is 4.21. The number of anilines is 1. The topological polar surface area (TPSA) is 89.9 Å². The van der Waals surface area contributed by atoms with Gasteiger partial charge in [0, 0.05) is 23.9 Å². The Morgan fingerprint density at radius 1 is 1.38 bits per heavy atom. The summed E-state index contributed by atoms with van der Waals surface area (Å²) in [5.41, 5.74) is 7.02. The molecule has 24 heavy (non-hydrogen) atoms. The molecular weight excluding hydrogens is 324 g/mol. The molecule has 7 nitrogen and oxygen atoms in total. The van der Waals surface area contributed by atoms with Crippen molar-refractivity contribution in [3.8, 4) is 0 Å². The van der Waals surface area contributed by atoms with Crippen molar-refractivity contribution >= 4 is 34.2 Å². The van der Waals surface area contributed by atoms with E-state index in [-0.39, 0.29) is 11.9 Å². The fourth-order valence-electron chi connectivity index (χ4n) is 2.55. The van der Waals surface area contributed by atoms with E-state index in [9.17, 15) is 4.79 Å². The lowest BCUT2D eigenvalue weighted by molar-refractivity contribution is -0.133. The van der Waals surface area contributed by atoms with E-state index in [1.165, 1.54) is 11.2 Å². The monoisotopic (exact) mass is 344 g/mol. The number of carbonyl (C=O) groups is 1. The second kappa shape index (κ2) is 6.96. The van der Waals surface area contributed by atoms with Crippen molar-refractivity contribution in [2.45, 2.75) is 39.4 Å². The minimum Gasteiger partial charge on any atom is -0.382 e. The van der Waals surface area contributed by atoms with Crippen molar-refractivity contribution in [2.24, 2.45) is 0 Å². The number of imidazole rings is 1. The number of nitrogens with zero attached hydrogens (tertiary/aromatic N) is 5. The van der Waals surface area contributed by atoms with E-state index in [1.54, 1.807) is 17.7 Å². The molecule has 3 aromatic rings. The van der Waals surface area contributed by atoms with Crippen LogP contribution in [-0.2, 0) is 17.9 Å². The molecule has 2 N–H and O–H groups in total. The Hall–Kier alpha value is -2.48. The second-order valence-corrected chi connectivity index (χ2v) is 6.85. The second-order valence-electron chi connectivity index (χ2n) is 5.81. The predicted molar refractivity (Wildman–Crippen MR) is 94.4 cm³/mol. The van der Waals surface area contributed by atoms with Gasteiger partial charge < -0.3 is 15.2 Å². The number of nitrogen functional groups attached to an aromatic ring is 1. The smallest absolute Gasteiger partial charge is 0.224 e. The van der Waals surface area contributed by atoms with Crippen molar-refractivity contribution in [3.05, 3.63) is 35.0 Å². The van der Waals surface area contributed by atoms with Crippen molar-refractivity contribution in [2.75, 3.05) is 5.73 Å². The van der Waals surface area contributed by atoms with Gasteiger partial charge >= 0.3 is 0 Å². The highest BCUT2D eigenvalue weighted by Crippen LogP contribution is 2.17. The van der Waals surface area contributed by atoms with Crippen LogP contribution in [0, 0.1) is 0 Å². The van der Waals surface area contributed by atoms with E-state index in [0.717, 1.165) is 0 Å². The zero-order valence-electron chi connectivity index (χ0n) is 13.7. The number of rotatable bonds is 6. The molecule has 0 fully saturated rings. The molecule has 0 bridgehead atoms. The third kappa shape index (κ3) is 3.38. The number of carbonyl (C=O) groups excluding carboxylic acids is 1. The predicted octanol–water partition coefficient (Wildman–Crippen LogP) is 2.30. The van der Waals surface area contributed by atoms with E-state index in [4.69, 9.17) is 5.73 Å². The first-order valence-electron chi connectivity index (χ1n) is 7.79. The van der Waals surface area contributed by atoms with E-state index in [2.05, 4.69) is 21.0 Å². The summed E-state index contributed by atoms with van der Waals surface area (Å²) < 4.78 is 1.84. The Kier molecular flexibility index (Phi) is 4.75. The van der Waals surface area contributed by atoms with Crippen molar-refractivity contribution in [1.29, 1.82) is 0 Å². The molecule has 8 heteroatoms. The van der Waals surface area contributed by atoms with E-state index in [1.807, 2.05) is 34.8 Å². The van der Waals surface area contributed by atoms with Crippen LogP contribution in [0.2, 0.25) is 0 Å². The molecule has 0 aliphatic carbocycles. The molecule has 126 valence electrons. The van der Waals surface area contributed by atoms with Gasteiger partial charge in [0.05, 0.1) is 12.9 Å². The summed E-state index contributed by atoms with van der Waals surface area (Å²) >= 11 is 1.67. The zero-order valence-corrected chi connectivity index (χ0v) is 14.5. The third-order valence-corrected chi connectivity index (χ3v) is 4.71. The number of amides is 1. The molecule has 3 heterocycles. The SMILES string of the molecule is CC(C)N(Cc1cccs1)C(=O)CCn1cnc2c(N)ncnc21. The van der Waals surface area contributed by atoms with Crippen molar-refractivity contribution in [1.82, 2.24) is 24.4 Å². The molecule has 0 saturated carbocycles. The lowest BCUT2D eigenvalue weighted by Gasteiger charge is -2.26. The first kappa shape index (κ1) is 16.4. The summed E-state index contributed by atoms with van der Waals surface area (Å²) in [5.74, 6) is 0.467. The minimum absolute atomic E-state index is 0.113. The van der Waals surface area contributed by atoms with Gasteiger partial charge in [0.15, 0.2) is 11.5 Å². The quantitative estimate of drug-likeness (QED) is 0.741. The largest absolute Gasteiger partial charge is 0.382 e. The first-order valence-corrected chi connectivity index (χ1v) is 8.67. The Morgan fingerprint density at radius 3 is 2.92 bits per heavy atom. The Labute approximate surface area is 144 Å². The van der Waals surface area contributed by atoms with Crippen LogP contribution in [-0.4, -0.2) is 36.4 Å². The minimum atomic E-state index is 0.113. The Bertz CT molecular complexity index is 826. The summed E-state index contributed by atoms with van der Waals surface area (Å²) in [6.07, 6.45) is 3.45. The fraction of sp³-hybridized carbons (Fsp3) is 0.375. The van der Waals surface area contributed by atoms with Crippen LogP contribution in [0.15, 0.2) is 30.2 Å². The van der Waals surface area contributed by atoms with Crippen molar-refractivity contribution < 1.29 is 4.79 Å². The van der Waals surface area contributed by atoms with Crippen LogP contribution in [0.5, 0.6) is 0 Å². The standard InChI is InChI=1S/C16H20N6OS/c1-11(2)22(8-12-4-3-7-24-12)13(23)5-6-21-10-20-14-15(17)18-9-19-16(14)21/h3-4,7,9-11H,5-6,8H2,1-2H3,(H2,17,18,19). The molecule has 0 saturated heterocycles. The van der Waals surface area contributed by atoms with Gasteiger partial charge in [0.2, 0.25) is 5.91 Å². The van der Waals surface area contributed by atoms with Gasteiger partial charge in [-0.25, -0.2) is 15.0 Å². The molecule has 0 aromatic carbocycles. The van der Waals surface area contributed by atoms with Crippen LogP contribution in [0.4, 0.5) is 5.82 Å². The molecule has 3 aromatic heterocycles. The zero-order chi connectivity index (χ0) is 17.1. The summed E-state index contributed by atoms with van der Waals surface area (Å²) in [4.78, 5) is 28.1. The maximum Gasteiger partial charge on any atom is 0.224 e. The normalized spacial score (nSPS) is 11.3. The highest BCUT2D eigenvalue weighted by atomic mass is 32.1. The molecule has 0 spiro atoms. The average molecular weight is 344 g/mol. The van der Waals surface area contributed by atoms with Gasteiger partial charge in [-0.2, -0.15) is 0 Å². The van der Waals surface area contributed by atoms with Crippen LogP contribution in [0.25, 0.3) is 11.2 Å². The number of aryl methyl sites for hydroxylation is 1. The molecule has 0 aliphatic heterocycles. The number of hydrogen-bond acceptors (Lipinski definition) is 6. The van der Waals surface area contributed by atoms with Gasteiger partial charge in [-0.15, -0.1) is 11.3 Å². The number of thiophene rings is 1. The van der Waals surface area contributed by atoms with Gasteiger partial charge in [0.1, 0.15) is 11.8 Å². The summed E-state index contributed by atoms with van der Waals surface area (Å²) in [7, 11) is 0. The number of hydrogen-bond donors (Lipinski definition) is 1. The molecule has 0 aliphatic rings. The Balaban J connectivity index is 1.69. The van der Waals surface area contributed by atoms with Crippen LogP contribution < -0.4 is 5.73 Å². The first-order chi connectivity index (χ1) is 11.6. The van der Waals surface area contributed by atoms with Gasteiger partial charge in [-0.05, 0) is 25.3 Å². The van der Waals surface area contributed by atoms with E-state index >= 15 is 0 Å². The van der Waals surface area contributed by atoms with Gasteiger partial charge in [-0.3, -0.25) is 4.79 Å². The summed E-state index contributed by atoms with van der Waals surface area (Å²) in [6.45, 7) is 5.23. The number of nitrogens with two attached hydrogens (primary N) is 1. The molecule has 3 rings (SSSR count). The molecular formula is C16H20N6OS. The molecule has 0 atom stereocenters. The fourth-order valence-corrected chi connectivity index (χ4v) is 3.25. The lowest BCUT2D eigenvalue weighted by Crippen LogP contribution is -2.36. The highest BCUT2D eigenvalue weighted by Gasteiger charge is 2.18. The number of fused-ring (bicyclic) bond motifs is 1. The van der Waals surface area contributed by atoms with Gasteiger partial charge in [0.25, 0.3) is 0 Å². The molecule has 1 amide bonds. The lowest BCUT2D eigenvalue weighted by atomic mass is 10.2. The van der Waals surface area contributed by atoms with Crippen molar-refractivity contribution in [3.63, 3.8) is 0 Å². The van der Waals surface area contributed by atoms with Crippen LogP contribution in [0.1, 0.15) is 25.1 Å².